The summed E-state index contributed by atoms with van der Waals surface area (Å²) in [5.74, 6) is 0.217. The average Bonchev–Trinajstić information content (AvgIpc) is 2.86. The first-order valence-corrected chi connectivity index (χ1v) is 8.62. The number of imidazole rings is 1. The van der Waals surface area contributed by atoms with Crippen LogP contribution in [0.25, 0.3) is 0 Å². The second kappa shape index (κ2) is 5.76. The van der Waals surface area contributed by atoms with Crippen LogP contribution in [0.4, 0.5) is 4.39 Å². The predicted octanol–water partition coefficient (Wildman–Crippen LogP) is 1.50. The van der Waals surface area contributed by atoms with Gasteiger partial charge in [-0.25, -0.2) is 22.5 Å². The number of nitriles is 1. The van der Waals surface area contributed by atoms with E-state index in [1.54, 1.807) is 6.07 Å². The first-order chi connectivity index (χ1) is 10.9. The quantitative estimate of drug-likeness (QED) is 0.921. The molecular formula is C15H15FN4O2S. The number of halogens is 1. The number of aryl methyl sites for hydroxylation is 2. The van der Waals surface area contributed by atoms with Crippen molar-refractivity contribution in [2.75, 3.05) is 0 Å². The molecule has 2 aromatic rings. The third-order valence-corrected chi connectivity index (χ3v) is 5.32. The summed E-state index contributed by atoms with van der Waals surface area (Å²) in [5.41, 5.74) is 0.616. The summed E-state index contributed by atoms with van der Waals surface area (Å²) in [6.45, 7) is 2.40. The molecule has 0 radical (unpaired) electrons. The van der Waals surface area contributed by atoms with Gasteiger partial charge in [-0.15, -0.1) is 0 Å². The highest BCUT2D eigenvalue weighted by Gasteiger charge is 2.25. The minimum atomic E-state index is -3.81. The predicted molar refractivity (Wildman–Crippen MR) is 80.5 cm³/mol. The second-order valence-electron chi connectivity index (χ2n) is 5.56. The lowest BCUT2D eigenvalue weighted by molar-refractivity contribution is 0.421. The SMILES string of the molecule is Cc1cn2c(n1)CCC(NS(=O)(=O)c1ccc(F)c(C#N)c1)C2. The maximum absolute atomic E-state index is 13.3. The molecule has 1 unspecified atom stereocenters. The lowest BCUT2D eigenvalue weighted by atomic mass is 10.1. The summed E-state index contributed by atoms with van der Waals surface area (Å²) < 4.78 is 42.8. The summed E-state index contributed by atoms with van der Waals surface area (Å²) in [7, 11) is -3.81. The van der Waals surface area contributed by atoms with Gasteiger partial charge in [0.2, 0.25) is 10.0 Å². The fraction of sp³-hybridized carbons (Fsp3) is 0.333. The Morgan fingerprint density at radius 2 is 2.26 bits per heavy atom. The van der Waals surface area contributed by atoms with Crippen LogP contribution in [0.5, 0.6) is 0 Å². The van der Waals surface area contributed by atoms with Crippen LogP contribution in [-0.2, 0) is 23.0 Å². The van der Waals surface area contributed by atoms with Gasteiger partial charge >= 0.3 is 0 Å². The number of nitrogens with one attached hydrogen (secondary N) is 1. The highest BCUT2D eigenvalue weighted by Crippen LogP contribution is 2.19. The molecule has 120 valence electrons. The van der Waals surface area contributed by atoms with Gasteiger partial charge in [0.25, 0.3) is 0 Å². The number of rotatable bonds is 3. The zero-order valence-corrected chi connectivity index (χ0v) is 13.3. The molecule has 1 aliphatic heterocycles. The van der Waals surface area contributed by atoms with E-state index >= 15 is 0 Å². The summed E-state index contributed by atoms with van der Waals surface area (Å²) in [4.78, 5) is 4.27. The molecule has 1 N–H and O–H groups in total. The van der Waals surface area contributed by atoms with Crippen molar-refractivity contribution < 1.29 is 12.8 Å². The van der Waals surface area contributed by atoms with E-state index in [0.29, 0.717) is 19.4 Å². The van der Waals surface area contributed by atoms with E-state index in [1.807, 2.05) is 17.7 Å². The maximum atomic E-state index is 13.3. The van der Waals surface area contributed by atoms with Gasteiger partial charge in [-0.1, -0.05) is 0 Å². The highest BCUT2D eigenvalue weighted by molar-refractivity contribution is 7.89. The summed E-state index contributed by atoms with van der Waals surface area (Å²) >= 11 is 0. The van der Waals surface area contributed by atoms with Gasteiger partial charge in [-0.3, -0.25) is 0 Å². The van der Waals surface area contributed by atoms with E-state index in [-0.39, 0.29) is 16.5 Å². The van der Waals surface area contributed by atoms with Crippen molar-refractivity contribution in [2.24, 2.45) is 0 Å². The molecule has 2 heterocycles. The van der Waals surface area contributed by atoms with Crippen LogP contribution in [-0.4, -0.2) is 24.0 Å². The van der Waals surface area contributed by atoms with Gasteiger partial charge in [0.1, 0.15) is 17.7 Å². The van der Waals surface area contributed by atoms with Crippen LogP contribution < -0.4 is 4.72 Å². The number of hydrogen-bond donors (Lipinski definition) is 1. The Hall–Kier alpha value is -2.24. The molecule has 0 spiro atoms. The van der Waals surface area contributed by atoms with Crippen molar-refractivity contribution in [3.05, 3.63) is 47.3 Å². The van der Waals surface area contributed by atoms with Gasteiger partial charge in [-0.2, -0.15) is 5.26 Å². The van der Waals surface area contributed by atoms with E-state index in [1.165, 1.54) is 0 Å². The van der Waals surface area contributed by atoms with Gasteiger partial charge in [-0.05, 0) is 31.5 Å². The van der Waals surface area contributed by atoms with Crippen molar-refractivity contribution in [2.45, 2.75) is 37.2 Å². The minimum Gasteiger partial charge on any atom is -0.333 e. The summed E-state index contributed by atoms with van der Waals surface area (Å²) in [6.07, 6.45) is 3.22. The molecule has 0 saturated carbocycles. The fourth-order valence-electron chi connectivity index (χ4n) is 2.73. The summed E-state index contributed by atoms with van der Waals surface area (Å²) in [6, 6.07) is 4.58. The second-order valence-corrected chi connectivity index (χ2v) is 7.28. The Labute approximate surface area is 133 Å². The van der Waals surface area contributed by atoms with Gasteiger partial charge in [0.15, 0.2) is 0 Å². The smallest absolute Gasteiger partial charge is 0.240 e. The van der Waals surface area contributed by atoms with Crippen molar-refractivity contribution in [1.29, 1.82) is 5.26 Å². The Morgan fingerprint density at radius 3 is 3.00 bits per heavy atom. The van der Waals surface area contributed by atoms with Crippen LogP contribution >= 0.6 is 0 Å². The van der Waals surface area contributed by atoms with Crippen molar-refractivity contribution in [3.8, 4) is 6.07 Å². The molecule has 0 aliphatic carbocycles. The maximum Gasteiger partial charge on any atom is 0.240 e. The van der Waals surface area contributed by atoms with Crippen LogP contribution in [0.1, 0.15) is 23.5 Å². The van der Waals surface area contributed by atoms with E-state index < -0.39 is 15.8 Å². The number of fused-ring (bicyclic) bond motifs is 1. The minimum absolute atomic E-state index is 0.108. The third-order valence-electron chi connectivity index (χ3n) is 3.80. The lowest BCUT2D eigenvalue weighted by Gasteiger charge is -2.24. The van der Waals surface area contributed by atoms with Crippen molar-refractivity contribution in [1.82, 2.24) is 14.3 Å². The molecule has 0 amide bonds. The van der Waals surface area contributed by atoms with E-state index in [4.69, 9.17) is 5.26 Å². The molecule has 1 aliphatic rings. The molecular weight excluding hydrogens is 319 g/mol. The number of sulfonamides is 1. The van der Waals surface area contributed by atoms with Gasteiger partial charge in [0.05, 0.1) is 16.2 Å². The molecule has 0 saturated heterocycles. The number of nitrogens with zero attached hydrogens (tertiary/aromatic N) is 3. The van der Waals surface area contributed by atoms with Crippen molar-refractivity contribution >= 4 is 10.0 Å². The Morgan fingerprint density at radius 1 is 1.48 bits per heavy atom. The summed E-state index contributed by atoms with van der Waals surface area (Å²) in [5, 5.41) is 8.83. The van der Waals surface area contributed by atoms with Gasteiger partial charge < -0.3 is 4.57 Å². The Balaban J connectivity index is 1.81. The number of hydrogen-bond acceptors (Lipinski definition) is 4. The average molecular weight is 334 g/mol. The van der Waals surface area contributed by atoms with Crippen LogP contribution in [0.2, 0.25) is 0 Å². The molecule has 8 heteroatoms. The van der Waals surface area contributed by atoms with E-state index in [2.05, 4.69) is 9.71 Å². The highest BCUT2D eigenvalue weighted by atomic mass is 32.2. The van der Waals surface area contributed by atoms with Crippen molar-refractivity contribution in [3.63, 3.8) is 0 Å². The standard InChI is InChI=1S/C15H15FN4O2S/c1-10-8-20-9-12(2-5-15(20)18-10)19-23(21,22)13-3-4-14(16)11(6-13)7-17/h3-4,6,8,12,19H,2,5,9H2,1H3. The normalized spacial score (nSPS) is 17.5. The Bertz CT molecular complexity index is 899. The molecule has 0 fully saturated rings. The molecule has 3 rings (SSSR count). The van der Waals surface area contributed by atoms with Crippen LogP contribution in [0, 0.1) is 24.1 Å². The first kappa shape index (κ1) is 15.6. The molecule has 0 bridgehead atoms. The zero-order valence-electron chi connectivity index (χ0n) is 12.5. The first-order valence-electron chi connectivity index (χ1n) is 7.13. The fourth-order valence-corrected chi connectivity index (χ4v) is 4.01. The third kappa shape index (κ3) is 3.11. The number of aromatic nitrogens is 2. The van der Waals surface area contributed by atoms with Crippen LogP contribution in [0.15, 0.2) is 29.3 Å². The lowest BCUT2D eigenvalue weighted by Crippen LogP contribution is -2.40. The monoisotopic (exact) mass is 334 g/mol. The molecule has 1 aromatic heterocycles. The number of benzene rings is 1. The largest absolute Gasteiger partial charge is 0.333 e. The molecule has 1 atom stereocenters. The van der Waals surface area contributed by atoms with E-state index in [0.717, 1.165) is 29.7 Å². The Kier molecular flexibility index (Phi) is 3.92. The zero-order chi connectivity index (χ0) is 16.6. The van der Waals surface area contributed by atoms with E-state index in [9.17, 15) is 12.8 Å². The molecule has 6 nitrogen and oxygen atoms in total. The molecule has 1 aromatic carbocycles. The molecule has 23 heavy (non-hydrogen) atoms. The topological polar surface area (TPSA) is 87.8 Å². The van der Waals surface area contributed by atoms with Gasteiger partial charge in [0, 0.05) is 25.2 Å². The van der Waals surface area contributed by atoms with Crippen LogP contribution in [0.3, 0.4) is 0 Å².